The van der Waals surface area contributed by atoms with E-state index in [-0.39, 0.29) is 12.5 Å². The number of piperazine rings is 1. The minimum Gasteiger partial charge on any atom is -0.484 e. The number of likely N-dealkylation sites (N-methyl/N-ethyl adjacent to an activating group) is 1. The zero-order chi connectivity index (χ0) is 21.5. The Bertz CT molecular complexity index is 828. The van der Waals surface area contributed by atoms with Crippen molar-refractivity contribution in [1.82, 2.24) is 15.2 Å². The van der Waals surface area contributed by atoms with E-state index in [1.54, 1.807) is 0 Å². The SMILES string of the molecule is CCN1CCN(c2ccc(CNC(=O)COc3ccc(C(C)C)c(C)c3)cn2)CC1. The molecule has 1 amide bonds. The molecule has 0 saturated carbocycles. The third-order valence-electron chi connectivity index (χ3n) is 5.68. The van der Waals surface area contributed by atoms with E-state index in [1.807, 2.05) is 30.5 Å². The topological polar surface area (TPSA) is 57.7 Å². The highest BCUT2D eigenvalue weighted by Crippen LogP contribution is 2.23. The van der Waals surface area contributed by atoms with E-state index in [4.69, 9.17) is 4.74 Å². The van der Waals surface area contributed by atoms with Gasteiger partial charge in [0.1, 0.15) is 11.6 Å². The summed E-state index contributed by atoms with van der Waals surface area (Å²) in [7, 11) is 0. The molecule has 2 aromatic rings. The maximum Gasteiger partial charge on any atom is 0.258 e. The van der Waals surface area contributed by atoms with Crippen molar-refractivity contribution in [2.24, 2.45) is 0 Å². The van der Waals surface area contributed by atoms with Crippen LogP contribution in [0.2, 0.25) is 0 Å². The molecule has 1 aromatic carbocycles. The van der Waals surface area contributed by atoms with Gasteiger partial charge in [-0.25, -0.2) is 4.98 Å². The van der Waals surface area contributed by atoms with Gasteiger partial charge in [0.25, 0.3) is 5.91 Å². The lowest BCUT2D eigenvalue weighted by molar-refractivity contribution is -0.123. The molecule has 6 nitrogen and oxygen atoms in total. The molecule has 0 aliphatic carbocycles. The molecular weight excluding hydrogens is 376 g/mol. The van der Waals surface area contributed by atoms with Crippen LogP contribution in [-0.2, 0) is 11.3 Å². The molecule has 2 heterocycles. The highest BCUT2D eigenvalue weighted by Gasteiger charge is 2.16. The predicted octanol–water partition coefficient (Wildman–Crippen LogP) is 3.35. The Balaban J connectivity index is 1.43. The predicted molar refractivity (Wildman–Crippen MR) is 121 cm³/mol. The first-order valence-corrected chi connectivity index (χ1v) is 10.9. The molecule has 0 bridgehead atoms. The van der Waals surface area contributed by atoms with E-state index in [0.717, 1.165) is 49.9 Å². The third-order valence-corrected chi connectivity index (χ3v) is 5.68. The number of aryl methyl sites for hydroxylation is 1. The molecule has 1 aromatic heterocycles. The summed E-state index contributed by atoms with van der Waals surface area (Å²) in [5.41, 5.74) is 3.47. The number of amides is 1. The average molecular weight is 411 g/mol. The lowest BCUT2D eigenvalue weighted by Crippen LogP contribution is -2.46. The monoisotopic (exact) mass is 410 g/mol. The number of ether oxygens (including phenoxy) is 1. The van der Waals surface area contributed by atoms with Crippen molar-refractivity contribution in [2.75, 3.05) is 44.2 Å². The minimum atomic E-state index is -0.139. The van der Waals surface area contributed by atoms with Crippen LogP contribution in [0, 0.1) is 6.92 Å². The maximum atomic E-state index is 12.2. The van der Waals surface area contributed by atoms with Gasteiger partial charge in [0.05, 0.1) is 0 Å². The summed E-state index contributed by atoms with van der Waals surface area (Å²) in [4.78, 5) is 21.5. The Morgan fingerprint density at radius 3 is 2.53 bits per heavy atom. The van der Waals surface area contributed by atoms with Crippen LogP contribution in [0.1, 0.15) is 43.4 Å². The first-order chi connectivity index (χ1) is 14.5. The van der Waals surface area contributed by atoms with Gasteiger partial charge >= 0.3 is 0 Å². The molecular formula is C24H34N4O2. The van der Waals surface area contributed by atoms with Crippen molar-refractivity contribution in [3.63, 3.8) is 0 Å². The van der Waals surface area contributed by atoms with Gasteiger partial charge in [-0.3, -0.25) is 4.79 Å². The lowest BCUT2D eigenvalue weighted by Gasteiger charge is -2.34. The zero-order valence-electron chi connectivity index (χ0n) is 18.6. The molecule has 0 atom stereocenters. The molecule has 1 fully saturated rings. The lowest BCUT2D eigenvalue weighted by atomic mass is 9.98. The molecule has 30 heavy (non-hydrogen) atoms. The molecule has 1 saturated heterocycles. The second-order valence-electron chi connectivity index (χ2n) is 8.18. The van der Waals surface area contributed by atoms with Gasteiger partial charge in [-0.1, -0.05) is 32.9 Å². The van der Waals surface area contributed by atoms with Gasteiger partial charge in [0, 0.05) is 38.9 Å². The van der Waals surface area contributed by atoms with Crippen LogP contribution in [0.4, 0.5) is 5.82 Å². The van der Waals surface area contributed by atoms with Gasteiger partial charge < -0.3 is 19.9 Å². The van der Waals surface area contributed by atoms with Gasteiger partial charge in [-0.05, 0) is 54.3 Å². The highest BCUT2D eigenvalue weighted by atomic mass is 16.5. The summed E-state index contributed by atoms with van der Waals surface area (Å²) < 4.78 is 5.65. The molecule has 0 spiro atoms. The van der Waals surface area contributed by atoms with Gasteiger partial charge in [-0.15, -0.1) is 0 Å². The zero-order valence-corrected chi connectivity index (χ0v) is 18.6. The first kappa shape index (κ1) is 22.1. The van der Waals surface area contributed by atoms with E-state index >= 15 is 0 Å². The van der Waals surface area contributed by atoms with Crippen LogP contribution in [0.3, 0.4) is 0 Å². The largest absolute Gasteiger partial charge is 0.484 e. The van der Waals surface area contributed by atoms with Crippen LogP contribution in [0.15, 0.2) is 36.5 Å². The van der Waals surface area contributed by atoms with E-state index in [1.165, 1.54) is 11.1 Å². The van der Waals surface area contributed by atoms with E-state index < -0.39 is 0 Å². The Morgan fingerprint density at radius 1 is 1.17 bits per heavy atom. The number of carbonyl (C=O) groups excluding carboxylic acids is 1. The summed E-state index contributed by atoms with van der Waals surface area (Å²) in [6.07, 6.45) is 1.84. The smallest absolute Gasteiger partial charge is 0.258 e. The summed E-state index contributed by atoms with van der Waals surface area (Å²) in [6.45, 7) is 14.3. The molecule has 0 radical (unpaired) electrons. The van der Waals surface area contributed by atoms with E-state index in [9.17, 15) is 4.79 Å². The number of pyridine rings is 1. The van der Waals surface area contributed by atoms with Crippen LogP contribution in [0.25, 0.3) is 0 Å². The van der Waals surface area contributed by atoms with Crippen molar-refractivity contribution < 1.29 is 9.53 Å². The van der Waals surface area contributed by atoms with Crippen LogP contribution < -0.4 is 15.0 Å². The maximum absolute atomic E-state index is 12.2. The number of anilines is 1. The summed E-state index contributed by atoms with van der Waals surface area (Å²) in [6, 6.07) is 10.1. The fraction of sp³-hybridized carbons (Fsp3) is 0.500. The molecule has 3 rings (SSSR count). The fourth-order valence-corrected chi connectivity index (χ4v) is 3.79. The number of hydrogen-bond donors (Lipinski definition) is 1. The molecule has 6 heteroatoms. The summed E-state index contributed by atoms with van der Waals surface area (Å²) in [5.74, 6) is 2.06. The molecule has 162 valence electrons. The summed E-state index contributed by atoms with van der Waals surface area (Å²) in [5, 5.41) is 2.90. The number of hydrogen-bond acceptors (Lipinski definition) is 5. The molecule has 1 N–H and O–H groups in total. The molecule has 1 aliphatic heterocycles. The van der Waals surface area contributed by atoms with Gasteiger partial charge in [0.2, 0.25) is 0 Å². The number of nitrogens with zero attached hydrogens (tertiary/aromatic N) is 3. The second-order valence-corrected chi connectivity index (χ2v) is 8.18. The Kier molecular flexibility index (Phi) is 7.69. The van der Waals surface area contributed by atoms with Gasteiger partial charge in [0.15, 0.2) is 6.61 Å². The van der Waals surface area contributed by atoms with E-state index in [2.05, 4.69) is 53.9 Å². The Morgan fingerprint density at radius 2 is 1.93 bits per heavy atom. The third kappa shape index (κ3) is 5.95. The number of nitrogens with one attached hydrogen (secondary N) is 1. The number of carbonyl (C=O) groups is 1. The second kappa shape index (κ2) is 10.4. The van der Waals surface area contributed by atoms with Crippen LogP contribution in [0.5, 0.6) is 5.75 Å². The van der Waals surface area contributed by atoms with Crippen molar-refractivity contribution >= 4 is 11.7 Å². The quantitative estimate of drug-likeness (QED) is 0.723. The molecule has 0 unspecified atom stereocenters. The van der Waals surface area contributed by atoms with Crippen molar-refractivity contribution in [3.8, 4) is 5.75 Å². The minimum absolute atomic E-state index is 0.00762. The van der Waals surface area contributed by atoms with Crippen LogP contribution >= 0.6 is 0 Å². The fourth-order valence-electron chi connectivity index (χ4n) is 3.79. The van der Waals surface area contributed by atoms with Crippen molar-refractivity contribution in [3.05, 3.63) is 53.2 Å². The Labute approximate surface area is 180 Å². The van der Waals surface area contributed by atoms with Crippen molar-refractivity contribution in [2.45, 2.75) is 40.2 Å². The first-order valence-electron chi connectivity index (χ1n) is 10.9. The summed E-state index contributed by atoms with van der Waals surface area (Å²) >= 11 is 0. The normalized spacial score (nSPS) is 14.8. The van der Waals surface area contributed by atoms with Crippen molar-refractivity contribution in [1.29, 1.82) is 0 Å². The standard InChI is InChI=1S/C24H34N4O2/c1-5-27-10-12-28(13-11-27)23-9-6-20(15-25-23)16-26-24(29)17-30-21-7-8-22(18(2)3)19(4)14-21/h6-9,14-15,18H,5,10-13,16-17H2,1-4H3,(H,26,29). The number of benzene rings is 1. The van der Waals surface area contributed by atoms with Crippen LogP contribution in [-0.4, -0.2) is 55.1 Å². The Hall–Kier alpha value is -2.60. The number of aromatic nitrogens is 1. The average Bonchev–Trinajstić information content (AvgIpc) is 2.76. The number of rotatable bonds is 8. The van der Waals surface area contributed by atoms with Gasteiger partial charge in [-0.2, -0.15) is 0 Å². The molecule has 1 aliphatic rings. The van der Waals surface area contributed by atoms with E-state index in [0.29, 0.717) is 12.5 Å². The highest BCUT2D eigenvalue weighted by molar-refractivity contribution is 5.77.